The summed E-state index contributed by atoms with van der Waals surface area (Å²) in [5.41, 5.74) is 6.77. The molecule has 0 saturated carbocycles. The smallest absolute Gasteiger partial charge is 0.236 e. The molecule has 3 N–H and O–H groups in total. The van der Waals surface area contributed by atoms with Crippen molar-refractivity contribution in [1.82, 2.24) is 10.3 Å². The first kappa shape index (κ1) is 19.8. The molecular formula is C20H20FN3O3S. The van der Waals surface area contributed by atoms with Crippen LogP contribution in [-0.2, 0) is 22.4 Å². The van der Waals surface area contributed by atoms with E-state index in [-0.39, 0.29) is 24.7 Å². The first-order valence-electron chi connectivity index (χ1n) is 8.73. The predicted molar refractivity (Wildman–Crippen MR) is 104 cm³/mol. The number of nitrogens with one attached hydrogen (secondary N) is 1. The molecule has 2 aromatic heterocycles. The molecule has 2 heterocycles. The molecule has 8 heteroatoms. The van der Waals surface area contributed by atoms with E-state index in [0.717, 1.165) is 10.4 Å². The van der Waals surface area contributed by atoms with Crippen molar-refractivity contribution in [2.45, 2.75) is 19.8 Å². The van der Waals surface area contributed by atoms with Gasteiger partial charge in [0.1, 0.15) is 11.6 Å². The van der Waals surface area contributed by atoms with Gasteiger partial charge in [-0.1, -0.05) is 18.2 Å². The van der Waals surface area contributed by atoms with Gasteiger partial charge in [0.15, 0.2) is 0 Å². The molecule has 0 fully saturated rings. The second-order valence-electron chi connectivity index (χ2n) is 6.41. The van der Waals surface area contributed by atoms with Gasteiger partial charge >= 0.3 is 0 Å². The summed E-state index contributed by atoms with van der Waals surface area (Å²) in [5, 5.41) is 4.65. The minimum Gasteiger partial charge on any atom is -0.440 e. The predicted octanol–water partition coefficient (Wildman–Crippen LogP) is 2.85. The number of hydrogen-bond acceptors (Lipinski definition) is 5. The number of rotatable bonds is 8. The summed E-state index contributed by atoms with van der Waals surface area (Å²) in [5.74, 6) is -0.674. The molecule has 3 rings (SSSR count). The number of thiophene rings is 1. The molecule has 0 aliphatic rings. The lowest BCUT2D eigenvalue weighted by Gasteiger charge is -2.14. The van der Waals surface area contributed by atoms with Crippen molar-refractivity contribution in [3.8, 4) is 10.8 Å². The Morgan fingerprint density at radius 1 is 1.29 bits per heavy atom. The highest BCUT2D eigenvalue weighted by Crippen LogP contribution is 2.26. The van der Waals surface area contributed by atoms with Crippen molar-refractivity contribution < 1.29 is 18.4 Å². The second kappa shape index (κ2) is 8.79. The Morgan fingerprint density at radius 3 is 2.68 bits per heavy atom. The number of oxazole rings is 1. The third-order valence-electron chi connectivity index (χ3n) is 4.30. The molecule has 1 atom stereocenters. The molecule has 0 spiro atoms. The van der Waals surface area contributed by atoms with Crippen molar-refractivity contribution in [1.29, 1.82) is 0 Å². The number of nitrogens with two attached hydrogens (primary N) is 1. The van der Waals surface area contributed by atoms with E-state index in [1.54, 1.807) is 19.1 Å². The van der Waals surface area contributed by atoms with Crippen LogP contribution in [0.1, 0.15) is 17.0 Å². The highest BCUT2D eigenvalue weighted by atomic mass is 32.1. The molecule has 0 radical (unpaired) electrons. The molecule has 6 nitrogen and oxygen atoms in total. The number of carbonyl (C=O) groups is 2. The van der Waals surface area contributed by atoms with Crippen LogP contribution in [0.15, 0.2) is 46.2 Å². The van der Waals surface area contributed by atoms with Gasteiger partial charge < -0.3 is 15.5 Å². The number of aromatic nitrogens is 1. The van der Waals surface area contributed by atoms with Crippen LogP contribution >= 0.6 is 11.3 Å². The zero-order valence-electron chi connectivity index (χ0n) is 15.3. The average molecular weight is 401 g/mol. The van der Waals surface area contributed by atoms with Crippen LogP contribution in [0, 0.1) is 18.7 Å². The molecule has 1 unspecified atom stereocenters. The molecule has 146 valence electrons. The Balaban J connectivity index is 1.57. The Morgan fingerprint density at radius 2 is 2.04 bits per heavy atom. The number of carbonyl (C=O) groups excluding carboxylic acids is 2. The zero-order valence-corrected chi connectivity index (χ0v) is 16.1. The number of halogens is 1. The minimum absolute atomic E-state index is 0.0444. The number of benzene rings is 1. The lowest BCUT2D eigenvalue weighted by molar-refractivity contribution is -0.123. The molecule has 0 aliphatic heterocycles. The van der Waals surface area contributed by atoms with Gasteiger partial charge in [0, 0.05) is 6.54 Å². The van der Waals surface area contributed by atoms with E-state index in [1.807, 2.05) is 17.5 Å². The van der Waals surface area contributed by atoms with Gasteiger partial charge in [-0.2, -0.15) is 0 Å². The summed E-state index contributed by atoms with van der Waals surface area (Å²) in [6.45, 7) is 1.85. The normalized spacial score (nSPS) is 11.9. The average Bonchev–Trinajstić information content (AvgIpc) is 3.30. The standard InChI is InChI=1S/C20H20FN3O3S/c1-12-16(24-20(27-12)17-3-2-8-28-17)10-18(25)23-11-14(19(22)26)9-13-4-6-15(21)7-5-13/h2-8,14H,9-11H2,1H3,(H2,22,26)(H,23,25). The maximum atomic E-state index is 13.0. The van der Waals surface area contributed by atoms with Crippen molar-refractivity contribution in [3.63, 3.8) is 0 Å². The van der Waals surface area contributed by atoms with Gasteiger partial charge in [-0.25, -0.2) is 9.37 Å². The molecule has 2 amide bonds. The van der Waals surface area contributed by atoms with Crippen LogP contribution < -0.4 is 11.1 Å². The fourth-order valence-electron chi connectivity index (χ4n) is 2.73. The fraction of sp³-hybridized carbons (Fsp3) is 0.250. The van der Waals surface area contributed by atoms with E-state index in [1.165, 1.54) is 23.5 Å². The van der Waals surface area contributed by atoms with Crippen LogP contribution in [0.2, 0.25) is 0 Å². The highest BCUT2D eigenvalue weighted by Gasteiger charge is 2.19. The molecule has 0 aliphatic carbocycles. The highest BCUT2D eigenvalue weighted by molar-refractivity contribution is 7.13. The first-order chi connectivity index (χ1) is 13.4. The number of primary amides is 1. The van der Waals surface area contributed by atoms with Crippen molar-refractivity contribution in [2.75, 3.05) is 6.54 Å². The summed E-state index contributed by atoms with van der Waals surface area (Å²) < 4.78 is 18.6. The summed E-state index contributed by atoms with van der Waals surface area (Å²) in [6, 6.07) is 9.63. The van der Waals surface area contributed by atoms with E-state index in [2.05, 4.69) is 10.3 Å². The van der Waals surface area contributed by atoms with Gasteiger partial charge in [0.05, 0.1) is 22.9 Å². The lowest BCUT2D eigenvalue weighted by Crippen LogP contribution is -2.38. The Bertz CT molecular complexity index is 952. The van der Waals surface area contributed by atoms with E-state index in [9.17, 15) is 14.0 Å². The van der Waals surface area contributed by atoms with Crippen LogP contribution in [0.4, 0.5) is 4.39 Å². The third kappa shape index (κ3) is 5.04. The van der Waals surface area contributed by atoms with Crippen molar-refractivity contribution in [2.24, 2.45) is 11.7 Å². The molecule has 28 heavy (non-hydrogen) atoms. The molecular weight excluding hydrogens is 381 g/mol. The maximum Gasteiger partial charge on any atom is 0.236 e. The van der Waals surface area contributed by atoms with Crippen LogP contribution in [-0.4, -0.2) is 23.3 Å². The van der Waals surface area contributed by atoms with Crippen LogP contribution in [0.25, 0.3) is 10.8 Å². The molecule has 3 aromatic rings. The van der Waals surface area contributed by atoms with Crippen molar-refractivity contribution >= 4 is 23.2 Å². The largest absolute Gasteiger partial charge is 0.440 e. The van der Waals surface area contributed by atoms with Crippen molar-refractivity contribution in [3.05, 3.63) is 64.6 Å². The topological polar surface area (TPSA) is 98.2 Å². The second-order valence-corrected chi connectivity index (χ2v) is 7.36. The Kier molecular flexibility index (Phi) is 6.20. The molecule has 0 saturated heterocycles. The Hall–Kier alpha value is -3.00. The summed E-state index contributed by atoms with van der Waals surface area (Å²) >= 11 is 1.50. The van der Waals surface area contributed by atoms with E-state index in [4.69, 9.17) is 10.2 Å². The van der Waals surface area contributed by atoms with E-state index in [0.29, 0.717) is 23.8 Å². The Labute approximate surface area is 165 Å². The number of aryl methyl sites for hydroxylation is 1. The maximum absolute atomic E-state index is 13.0. The number of nitrogens with zero attached hydrogens (tertiary/aromatic N) is 1. The van der Waals surface area contributed by atoms with Gasteiger partial charge in [0.2, 0.25) is 17.7 Å². The SMILES string of the molecule is Cc1oc(-c2cccs2)nc1CC(=O)NCC(Cc1ccc(F)cc1)C(N)=O. The van der Waals surface area contributed by atoms with Crippen LogP contribution in [0.5, 0.6) is 0 Å². The van der Waals surface area contributed by atoms with E-state index >= 15 is 0 Å². The van der Waals surface area contributed by atoms with Crippen LogP contribution in [0.3, 0.4) is 0 Å². The molecule has 0 bridgehead atoms. The lowest BCUT2D eigenvalue weighted by atomic mass is 9.98. The summed E-state index contributed by atoms with van der Waals surface area (Å²) in [6.07, 6.45) is 0.365. The van der Waals surface area contributed by atoms with Gasteiger partial charge in [-0.05, 0) is 42.5 Å². The fourth-order valence-corrected chi connectivity index (χ4v) is 3.38. The molecule has 1 aromatic carbocycles. The van der Waals surface area contributed by atoms with E-state index < -0.39 is 11.8 Å². The quantitative estimate of drug-likeness (QED) is 0.606. The summed E-state index contributed by atoms with van der Waals surface area (Å²) in [4.78, 5) is 29.3. The minimum atomic E-state index is -0.588. The number of hydrogen-bond donors (Lipinski definition) is 2. The monoisotopic (exact) mass is 401 g/mol. The summed E-state index contributed by atoms with van der Waals surface area (Å²) in [7, 11) is 0. The number of amides is 2. The van der Waals surface area contributed by atoms with Gasteiger partial charge in [-0.3, -0.25) is 9.59 Å². The van der Waals surface area contributed by atoms with Gasteiger partial charge in [0.25, 0.3) is 0 Å². The first-order valence-corrected chi connectivity index (χ1v) is 9.61. The third-order valence-corrected chi connectivity index (χ3v) is 5.15. The van der Waals surface area contributed by atoms with Gasteiger partial charge in [-0.15, -0.1) is 11.3 Å². The zero-order chi connectivity index (χ0) is 20.1.